The van der Waals surface area contributed by atoms with Crippen LogP contribution in [-0.4, -0.2) is 71.0 Å². The summed E-state index contributed by atoms with van der Waals surface area (Å²) in [6, 6.07) is 0. The van der Waals surface area contributed by atoms with Gasteiger partial charge in [-0.2, -0.15) is 0 Å². The number of rotatable bonds is 8. The van der Waals surface area contributed by atoms with Gasteiger partial charge in [-0.25, -0.2) is 19.5 Å². The molecule has 2 aromatic rings. The van der Waals surface area contributed by atoms with E-state index in [0.29, 0.717) is 23.5 Å². The molecule has 0 aliphatic carbocycles. The summed E-state index contributed by atoms with van der Waals surface area (Å²) in [6.45, 7) is 5.78. The number of ether oxygens (including phenoxy) is 1. The third-order valence-corrected chi connectivity index (χ3v) is 4.71. The first kappa shape index (κ1) is 28.1. The molecule has 1 aliphatic rings. The average molecular weight is 461 g/mol. The van der Waals surface area contributed by atoms with Gasteiger partial charge in [0.1, 0.15) is 24.6 Å². The van der Waals surface area contributed by atoms with E-state index in [2.05, 4.69) is 31.4 Å². The molecule has 154 valence electrons. The van der Waals surface area contributed by atoms with Gasteiger partial charge in [0.25, 0.3) is 0 Å². The van der Waals surface area contributed by atoms with E-state index in [1.165, 1.54) is 17.2 Å². The van der Waals surface area contributed by atoms with Crippen molar-refractivity contribution < 1.29 is 92.9 Å². The number of hydrogen-bond acceptors (Lipinski definition) is 9. The molecule has 30 heavy (non-hydrogen) atoms. The molecule has 0 spiro atoms. The fourth-order valence-corrected chi connectivity index (χ4v) is 3.17. The number of fused-ring (bicyclic) bond motifs is 1. The second kappa shape index (κ2) is 11.8. The summed E-state index contributed by atoms with van der Waals surface area (Å²) in [6.07, 6.45) is -1.53. The quantitative estimate of drug-likeness (QED) is 0.144. The summed E-state index contributed by atoms with van der Waals surface area (Å²) in [5, 5.41) is 23.6. The molecule has 12 nitrogen and oxygen atoms in total. The van der Waals surface area contributed by atoms with Crippen molar-refractivity contribution in [2.45, 2.75) is 37.9 Å². The number of nitrogens with one attached hydrogen (secondary N) is 1. The maximum atomic E-state index is 10.9. The molecule has 0 amide bonds. The van der Waals surface area contributed by atoms with Crippen LogP contribution in [0.25, 0.3) is 11.2 Å². The van der Waals surface area contributed by atoms with Crippen LogP contribution < -0.4 is 64.4 Å². The SMILES string of the molecule is C=C(C)CCNc1ncnc2c1ncn2[C@@H]1O[C@H](COP(=O)(O)O)[C@@H](O)[C@H]1O.[Na+].[Na+]. The summed E-state index contributed by atoms with van der Waals surface area (Å²) >= 11 is 0. The predicted octanol–water partition coefficient (Wildman–Crippen LogP) is -6.06. The number of nitrogens with zero attached hydrogens (tertiary/aromatic N) is 4. The largest absolute Gasteiger partial charge is 1.00 e. The van der Waals surface area contributed by atoms with Crippen LogP contribution in [0.2, 0.25) is 0 Å². The van der Waals surface area contributed by atoms with E-state index in [1.807, 2.05) is 6.92 Å². The maximum absolute atomic E-state index is 10.9. The maximum Gasteiger partial charge on any atom is 1.00 e. The summed E-state index contributed by atoms with van der Waals surface area (Å²) in [4.78, 5) is 30.2. The first-order chi connectivity index (χ1) is 13.2. The third-order valence-electron chi connectivity index (χ3n) is 4.22. The van der Waals surface area contributed by atoms with Crippen molar-refractivity contribution in [1.29, 1.82) is 0 Å². The van der Waals surface area contributed by atoms with E-state index in [-0.39, 0.29) is 59.1 Å². The van der Waals surface area contributed by atoms with Gasteiger partial charge in [0.05, 0.1) is 12.9 Å². The van der Waals surface area contributed by atoms with E-state index in [9.17, 15) is 14.8 Å². The number of aromatic nitrogens is 4. The van der Waals surface area contributed by atoms with Crippen LogP contribution in [0.15, 0.2) is 24.8 Å². The average Bonchev–Trinajstić information content (AvgIpc) is 3.15. The monoisotopic (exact) mass is 461 g/mol. The van der Waals surface area contributed by atoms with Crippen LogP contribution in [0.3, 0.4) is 0 Å². The minimum atomic E-state index is -4.73. The zero-order valence-electron chi connectivity index (χ0n) is 17.0. The molecular formula is C15H22N5Na2O7P+2. The van der Waals surface area contributed by atoms with Crippen LogP contribution in [0.1, 0.15) is 19.6 Å². The van der Waals surface area contributed by atoms with Gasteiger partial charge in [0.15, 0.2) is 23.2 Å². The fourth-order valence-electron chi connectivity index (χ4n) is 2.83. The van der Waals surface area contributed by atoms with Gasteiger partial charge in [0.2, 0.25) is 0 Å². The van der Waals surface area contributed by atoms with Gasteiger partial charge in [-0.15, -0.1) is 6.58 Å². The van der Waals surface area contributed by atoms with Crippen LogP contribution >= 0.6 is 7.82 Å². The summed E-state index contributed by atoms with van der Waals surface area (Å²) in [5.41, 5.74) is 1.83. The molecule has 5 N–H and O–H groups in total. The Hall–Kier alpha value is 0.0800. The van der Waals surface area contributed by atoms with Crippen molar-refractivity contribution in [3.63, 3.8) is 0 Å². The second-order valence-electron chi connectivity index (χ2n) is 6.51. The summed E-state index contributed by atoms with van der Waals surface area (Å²) in [5.74, 6) is 0.499. The molecule has 3 heterocycles. The Morgan fingerprint density at radius 2 is 2.00 bits per heavy atom. The van der Waals surface area contributed by atoms with Crippen molar-refractivity contribution in [1.82, 2.24) is 19.5 Å². The number of anilines is 1. The van der Waals surface area contributed by atoms with E-state index < -0.39 is 39.0 Å². The molecule has 1 aliphatic heterocycles. The van der Waals surface area contributed by atoms with E-state index in [4.69, 9.17) is 14.5 Å². The predicted molar refractivity (Wildman–Crippen MR) is 97.2 cm³/mol. The van der Waals surface area contributed by atoms with E-state index >= 15 is 0 Å². The van der Waals surface area contributed by atoms with Crippen molar-refractivity contribution in [3.05, 3.63) is 24.8 Å². The third kappa shape index (κ3) is 6.79. The Labute approximate surface area is 216 Å². The van der Waals surface area contributed by atoms with Crippen molar-refractivity contribution >= 4 is 24.8 Å². The molecular weight excluding hydrogens is 439 g/mol. The zero-order chi connectivity index (χ0) is 20.5. The molecule has 0 unspecified atom stereocenters. The second-order valence-corrected chi connectivity index (χ2v) is 7.75. The van der Waals surface area contributed by atoms with Gasteiger partial charge in [-0.05, 0) is 13.3 Å². The minimum Gasteiger partial charge on any atom is -0.387 e. The Balaban J connectivity index is 0.00000225. The molecule has 0 saturated carbocycles. The molecule has 1 fully saturated rings. The van der Waals surface area contributed by atoms with Crippen molar-refractivity contribution in [2.75, 3.05) is 18.5 Å². The first-order valence-electron chi connectivity index (χ1n) is 8.45. The number of aliphatic hydroxyl groups is 2. The Kier molecular flexibility index (Phi) is 11.1. The number of hydrogen-bond donors (Lipinski definition) is 5. The Bertz CT molecular complexity index is 911. The Morgan fingerprint density at radius 1 is 1.30 bits per heavy atom. The van der Waals surface area contributed by atoms with E-state index in [0.717, 1.165) is 12.0 Å². The molecule has 15 heteroatoms. The molecule has 0 radical (unpaired) electrons. The first-order valence-corrected chi connectivity index (χ1v) is 9.98. The minimum absolute atomic E-state index is 0. The number of phosphoric acid groups is 1. The van der Waals surface area contributed by atoms with Crippen LogP contribution in [0.5, 0.6) is 0 Å². The van der Waals surface area contributed by atoms with Gasteiger partial charge in [-0.3, -0.25) is 9.09 Å². The molecule has 0 aromatic carbocycles. The van der Waals surface area contributed by atoms with Gasteiger partial charge in [0, 0.05) is 6.54 Å². The number of imidazole rings is 1. The standard InChI is InChI=1S/C15H22N5O7P.2Na/c1-8(2)3-4-16-13-10-14(18-6-17-13)20(7-19-10)15-12(22)11(21)9(27-15)5-26-28(23,24)25;;/h6-7,9,11-12,15,21-22H,1,3-5H2,2H3,(H,16,17,18)(H2,23,24,25);;/q;2*+1/t9-,11-,12-,15-;;/m1../s1. The number of phosphoric ester groups is 1. The molecule has 4 atom stereocenters. The van der Waals surface area contributed by atoms with Crippen LogP contribution in [0.4, 0.5) is 5.82 Å². The smallest absolute Gasteiger partial charge is 0.387 e. The molecule has 2 aromatic heterocycles. The molecule has 1 saturated heterocycles. The van der Waals surface area contributed by atoms with Gasteiger partial charge >= 0.3 is 66.9 Å². The fraction of sp³-hybridized carbons (Fsp3) is 0.533. The summed E-state index contributed by atoms with van der Waals surface area (Å²) < 4.78 is 22.2. The van der Waals surface area contributed by atoms with E-state index in [1.54, 1.807) is 0 Å². The molecule has 0 bridgehead atoms. The molecule has 3 rings (SSSR count). The zero-order valence-corrected chi connectivity index (χ0v) is 21.9. The van der Waals surface area contributed by atoms with Crippen molar-refractivity contribution in [2.24, 2.45) is 0 Å². The van der Waals surface area contributed by atoms with Gasteiger partial charge in [-0.1, -0.05) is 5.57 Å². The normalized spacial score (nSPS) is 23.6. The summed E-state index contributed by atoms with van der Waals surface area (Å²) in [7, 11) is -4.73. The van der Waals surface area contributed by atoms with Crippen molar-refractivity contribution in [3.8, 4) is 0 Å². The Morgan fingerprint density at radius 3 is 2.63 bits per heavy atom. The van der Waals surface area contributed by atoms with Crippen LogP contribution in [-0.2, 0) is 13.8 Å². The topological polar surface area (TPSA) is 172 Å². The van der Waals surface area contributed by atoms with Gasteiger partial charge < -0.3 is 30.1 Å². The van der Waals surface area contributed by atoms with Crippen LogP contribution in [0, 0.1) is 0 Å². The number of aliphatic hydroxyl groups excluding tert-OH is 2.